The lowest BCUT2D eigenvalue weighted by molar-refractivity contribution is 0.0576. The molecule has 8 rings (SSSR count). The van der Waals surface area contributed by atoms with Crippen LogP contribution in [0.15, 0.2) is 0 Å². The highest BCUT2D eigenvalue weighted by atomic mass is 15.2. The summed E-state index contributed by atoms with van der Waals surface area (Å²) < 4.78 is 0. The molecule has 0 bridgehead atoms. The van der Waals surface area contributed by atoms with E-state index >= 15 is 0 Å². The molecule has 0 aromatic heterocycles. The molecule has 8 fully saturated rings. The van der Waals surface area contributed by atoms with E-state index in [1.165, 1.54) is 51.4 Å². The van der Waals surface area contributed by atoms with E-state index in [9.17, 15) is 0 Å². The minimum Gasteiger partial charge on any atom is -0.300 e. The maximum atomic E-state index is 3.05. The second-order valence-corrected chi connectivity index (χ2v) is 16.6. The van der Waals surface area contributed by atoms with Crippen LogP contribution in [0, 0.1) is 71.0 Å². The van der Waals surface area contributed by atoms with E-state index in [4.69, 9.17) is 0 Å². The number of nitrogens with zero attached hydrogens (tertiary/aromatic N) is 2. The van der Waals surface area contributed by atoms with Crippen molar-refractivity contribution in [2.45, 2.75) is 134 Å². The molecule has 2 saturated heterocycles. The van der Waals surface area contributed by atoms with Gasteiger partial charge in [0, 0.05) is 24.2 Å². The quantitative estimate of drug-likeness (QED) is 0.378. The van der Waals surface area contributed by atoms with Crippen molar-refractivity contribution >= 4 is 0 Å². The predicted molar refractivity (Wildman–Crippen MR) is 153 cm³/mol. The van der Waals surface area contributed by atoms with Crippen molar-refractivity contribution in [3.05, 3.63) is 0 Å². The average molecular weight is 507 g/mol. The third kappa shape index (κ3) is 3.55. The van der Waals surface area contributed by atoms with Crippen LogP contribution in [0.4, 0.5) is 0 Å². The number of hydrogen-bond acceptors (Lipinski definition) is 2. The monoisotopic (exact) mass is 506 g/mol. The van der Waals surface area contributed by atoms with E-state index in [0.29, 0.717) is 0 Å². The first-order chi connectivity index (χ1) is 18.0. The Bertz CT molecular complexity index is 786. The SMILES string of the molecule is CC1CCC2C(C1)C1C3CCCCC3C(CC3C4CCCCC4C4C5CC(C)CCC5N(C)C34)C1N2C. The highest BCUT2D eigenvalue weighted by molar-refractivity contribution is 5.16. The lowest BCUT2D eigenvalue weighted by Crippen LogP contribution is -2.44. The zero-order valence-corrected chi connectivity index (χ0v) is 24.7. The van der Waals surface area contributed by atoms with Gasteiger partial charge < -0.3 is 0 Å². The molecule has 16 unspecified atom stereocenters. The summed E-state index contributed by atoms with van der Waals surface area (Å²) in [6.07, 6.45) is 23.2. The van der Waals surface area contributed by atoms with Gasteiger partial charge in [-0.05, 0) is 156 Å². The highest BCUT2D eigenvalue weighted by Gasteiger charge is 2.65. The van der Waals surface area contributed by atoms with Crippen LogP contribution in [-0.4, -0.2) is 48.1 Å². The Morgan fingerprint density at radius 1 is 0.486 bits per heavy atom. The van der Waals surface area contributed by atoms with Crippen molar-refractivity contribution < 1.29 is 0 Å². The Morgan fingerprint density at radius 2 is 0.892 bits per heavy atom. The molecule has 2 nitrogen and oxygen atoms in total. The van der Waals surface area contributed by atoms with E-state index in [0.717, 1.165) is 95.2 Å². The maximum absolute atomic E-state index is 3.05. The lowest BCUT2D eigenvalue weighted by Gasteiger charge is -2.43. The maximum Gasteiger partial charge on any atom is 0.0161 e. The Balaban J connectivity index is 1.13. The second-order valence-electron chi connectivity index (χ2n) is 16.6. The molecule has 0 spiro atoms. The summed E-state index contributed by atoms with van der Waals surface area (Å²) in [6, 6.07) is 3.72. The number of likely N-dealkylation sites (tertiary alicyclic amines) is 2. The fraction of sp³-hybridized carbons (Fsp3) is 1.00. The van der Waals surface area contributed by atoms with E-state index in [1.54, 1.807) is 44.9 Å². The fourth-order valence-corrected chi connectivity index (χ4v) is 14.3. The van der Waals surface area contributed by atoms with E-state index in [1.807, 2.05) is 0 Å². The largest absolute Gasteiger partial charge is 0.300 e. The van der Waals surface area contributed by atoms with Crippen LogP contribution in [0.25, 0.3) is 0 Å². The van der Waals surface area contributed by atoms with Gasteiger partial charge in [-0.2, -0.15) is 0 Å². The van der Waals surface area contributed by atoms with Crippen molar-refractivity contribution in [2.24, 2.45) is 71.0 Å². The van der Waals surface area contributed by atoms with Gasteiger partial charge >= 0.3 is 0 Å². The molecule has 6 saturated carbocycles. The van der Waals surface area contributed by atoms with Gasteiger partial charge in [-0.3, -0.25) is 9.80 Å². The number of fused-ring (bicyclic) bond motifs is 10. The third-order valence-corrected chi connectivity index (χ3v) is 15.3. The van der Waals surface area contributed by atoms with Crippen LogP contribution in [0.3, 0.4) is 0 Å². The van der Waals surface area contributed by atoms with Crippen molar-refractivity contribution in [2.75, 3.05) is 14.1 Å². The summed E-state index contributed by atoms with van der Waals surface area (Å²) in [7, 11) is 5.22. The first kappa shape index (κ1) is 24.7. The van der Waals surface area contributed by atoms with Crippen LogP contribution in [0.1, 0.15) is 110 Å². The second kappa shape index (κ2) is 9.22. The molecule has 0 N–H and O–H groups in total. The molecule has 8 aliphatic rings. The molecule has 208 valence electrons. The fourth-order valence-electron chi connectivity index (χ4n) is 14.3. The van der Waals surface area contributed by atoms with Gasteiger partial charge in [-0.15, -0.1) is 0 Å². The van der Waals surface area contributed by atoms with Crippen LogP contribution >= 0.6 is 0 Å². The van der Waals surface area contributed by atoms with E-state index in [2.05, 4.69) is 37.7 Å². The minimum absolute atomic E-state index is 0.925. The van der Waals surface area contributed by atoms with Crippen molar-refractivity contribution in [3.8, 4) is 0 Å². The van der Waals surface area contributed by atoms with Crippen molar-refractivity contribution in [1.29, 1.82) is 0 Å². The standard InChI is InChI=1S/C35H58N2/c1-20-13-15-30-28(17-20)32-24-11-7-5-9-22(24)26(34(32)36(30)3)19-27-23-10-6-8-12-25(23)33-29-18-21(2)14-16-31(29)37(4)35(27)33/h20-35H,5-19H2,1-4H3. The molecule has 2 heterocycles. The molecular formula is C35H58N2. The third-order valence-electron chi connectivity index (χ3n) is 15.3. The normalized spacial score (nSPS) is 59.4. The average Bonchev–Trinajstić information content (AvgIpc) is 3.58. The zero-order chi connectivity index (χ0) is 25.0. The lowest BCUT2D eigenvalue weighted by atomic mass is 9.67. The molecule has 0 aromatic carbocycles. The van der Waals surface area contributed by atoms with Crippen LogP contribution in [0.5, 0.6) is 0 Å². The summed E-state index contributed by atoms with van der Waals surface area (Å²) in [6.45, 7) is 5.15. The summed E-state index contributed by atoms with van der Waals surface area (Å²) in [4.78, 5) is 6.10. The molecular weight excluding hydrogens is 448 g/mol. The molecule has 2 heteroatoms. The van der Waals surface area contributed by atoms with Crippen LogP contribution < -0.4 is 0 Å². The van der Waals surface area contributed by atoms with Gasteiger partial charge in [0.2, 0.25) is 0 Å². The van der Waals surface area contributed by atoms with Gasteiger partial charge in [0.15, 0.2) is 0 Å². The topological polar surface area (TPSA) is 6.48 Å². The molecule has 0 radical (unpaired) electrons. The molecule has 0 aromatic rings. The van der Waals surface area contributed by atoms with Gasteiger partial charge in [-0.25, -0.2) is 0 Å². The Labute approximate surface area is 229 Å². The first-order valence-electron chi connectivity index (χ1n) is 17.5. The predicted octanol–water partition coefficient (Wildman–Crippen LogP) is 7.72. The molecule has 0 amide bonds. The molecule has 16 atom stereocenters. The van der Waals surface area contributed by atoms with Gasteiger partial charge in [0.1, 0.15) is 0 Å². The molecule has 2 aliphatic heterocycles. The Hall–Kier alpha value is -0.0800. The number of rotatable bonds is 2. The van der Waals surface area contributed by atoms with Crippen molar-refractivity contribution in [3.63, 3.8) is 0 Å². The van der Waals surface area contributed by atoms with Gasteiger partial charge in [-0.1, -0.05) is 39.5 Å². The van der Waals surface area contributed by atoms with Gasteiger partial charge in [0.25, 0.3) is 0 Å². The van der Waals surface area contributed by atoms with Crippen LogP contribution in [0.2, 0.25) is 0 Å². The Morgan fingerprint density at radius 3 is 1.32 bits per heavy atom. The molecule has 6 aliphatic carbocycles. The smallest absolute Gasteiger partial charge is 0.0161 e. The summed E-state index contributed by atoms with van der Waals surface area (Å²) in [5.74, 6) is 12.5. The van der Waals surface area contributed by atoms with E-state index < -0.39 is 0 Å². The summed E-state index contributed by atoms with van der Waals surface area (Å²) in [5.41, 5.74) is 0. The highest BCUT2D eigenvalue weighted by Crippen LogP contribution is 2.66. The van der Waals surface area contributed by atoms with Crippen LogP contribution in [-0.2, 0) is 0 Å². The van der Waals surface area contributed by atoms with Gasteiger partial charge in [0.05, 0.1) is 0 Å². The zero-order valence-electron chi connectivity index (χ0n) is 24.7. The minimum atomic E-state index is 0.925. The number of hydrogen-bond donors (Lipinski definition) is 0. The first-order valence-corrected chi connectivity index (χ1v) is 17.5. The summed E-state index contributed by atoms with van der Waals surface area (Å²) >= 11 is 0. The summed E-state index contributed by atoms with van der Waals surface area (Å²) in [5, 5.41) is 0. The van der Waals surface area contributed by atoms with Crippen molar-refractivity contribution in [1.82, 2.24) is 9.80 Å². The molecule has 37 heavy (non-hydrogen) atoms. The van der Waals surface area contributed by atoms with E-state index in [-0.39, 0.29) is 0 Å². The Kier molecular flexibility index (Phi) is 6.15.